The van der Waals surface area contributed by atoms with Gasteiger partial charge in [-0.05, 0) is 49.0 Å². The Morgan fingerprint density at radius 1 is 1.56 bits per heavy atom. The Morgan fingerprint density at radius 3 is 2.83 bits per heavy atom. The number of hydrogen-bond donors (Lipinski definition) is 0. The summed E-state index contributed by atoms with van der Waals surface area (Å²) in [6.45, 7) is 10.3. The first kappa shape index (κ1) is 13.4. The van der Waals surface area contributed by atoms with E-state index in [1.165, 1.54) is 24.8 Å². The number of carbonyl (C=O) groups excluding carboxylic acids is 1. The van der Waals surface area contributed by atoms with Gasteiger partial charge in [0, 0.05) is 0 Å². The Morgan fingerprint density at radius 2 is 2.28 bits per heavy atom. The molecule has 0 N–H and O–H groups in total. The summed E-state index contributed by atoms with van der Waals surface area (Å²) in [6.07, 6.45) is 8.47. The van der Waals surface area contributed by atoms with E-state index in [4.69, 9.17) is 4.74 Å². The van der Waals surface area contributed by atoms with Crippen molar-refractivity contribution in [2.45, 2.75) is 46.5 Å². The lowest BCUT2D eigenvalue weighted by Gasteiger charge is -2.35. The summed E-state index contributed by atoms with van der Waals surface area (Å²) >= 11 is 0. The lowest BCUT2D eigenvalue weighted by atomic mass is 9.70. The van der Waals surface area contributed by atoms with E-state index in [1.807, 2.05) is 19.9 Å². The summed E-state index contributed by atoms with van der Waals surface area (Å²) in [4.78, 5) is 11.3. The fourth-order valence-corrected chi connectivity index (χ4v) is 3.45. The summed E-state index contributed by atoms with van der Waals surface area (Å²) in [6, 6.07) is 0. The van der Waals surface area contributed by atoms with Gasteiger partial charge < -0.3 is 4.74 Å². The molecule has 0 radical (unpaired) electrons. The fraction of sp³-hybridized carbons (Fsp3) is 0.688. The van der Waals surface area contributed by atoms with Crippen LogP contribution in [0.15, 0.2) is 24.5 Å². The standard InChI is InChI=1S/C16H24O2/c1-11(2)15(17)18-9-5-8-16(4)12(3)13-6-7-14(16)10-13/h5,9,11,13-14H,3,6-8,10H2,1-2,4H3. The van der Waals surface area contributed by atoms with E-state index in [9.17, 15) is 4.79 Å². The predicted molar refractivity (Wildman–Crippen MR) is 72.8 cm³/mol. The quantitative estimate of drug-likeness (QED) is 0.425. The maximum Gasteiger partial charge on any atom is 0.313 e. The topological polar surface area (TPSA) is 26.3 Å². The van der Waals surface area contributed by atoms with E-state index in [0.29, 0.717) is 0 Å². The highest BCUT2D eigenvalue weighted by Crippen LogP contribution is 2.60. The van der Waals surface area contributed by atoms with Gasteiger partial charge in [-0.25, -0.2) is 0 Å². The molecule has 0 amide bonds. The highest BCUT2D eigenvalue weighted by atomic mass is 16.5. The third-order valence-electron chi connectivity index (χ3n) is 4.85. The molecule has 2 fully saturated rings. The Balaban J connectivity index is 1.88. The number of allylic oxidation sites excluding steroid dienone is 2. The average Bonchev–Trinajstić information content (AvgIpc) is 2.89. The van der Waals surface area contributed by atoms with E-state index in [1.54, 1.807) is 6.26 Å². The molecule has 2 saturated carbocycles. The van der Waals surface area contributed by atoms with Crippen LogP contribution in [-0.2, 0) is 9.53 Å². The van der Waals surface area contributed by atoms with Crippen LogP contribution in [0, 0.1) is 23.2 Å². The van der Waals surface area contributed by atoms with Crippen LogP contribution in [0.1, 0.15) is 46.5 Å². The molecule has 0 aromatic heterocycles. The molecule has 2 aliphatic carbocycles. The minimum absolute atomic E-state index is 0.0669. The molecule has 2 bridgehead atoms. The van der Waals surface area contributed by atoms with Crippen molar-refractivity contribution in [3.63, 3.8) is 0 Å². The zero-order chi connectivity index (χ0) is 13.3. The molecule has 3 unspecified atom stereocenters. The van der Waals surface area contributed by atoms with Crippen LogP contribution in [0.3, 0.4) is 0 Å². The maximum atomic E-state index is 11.3. The van der Waals surface area contributed by atoms with Crippen LogP contribution >= 0.6 is 0 Å². The maximum absolute atomic E-state index is 11.3. The number of carbonyl (C=O) groups is 1. The zero-order valence-electron chi connectivity index (χ0n) is 11.7. The highest BCUT2D eigenvalue weighted by Gasteiger charge is 2.49. The Labute approximate surface area is 110 Å². The van der Waals surface area contributed by atoms with E-state index in [-0.39, 0.29) is 17.3 Å². The van der Waals surface area contributed by atoms with E-state index in [2.05, 4.69) is 13.5 Å². The van der Waals surface area contributed by atoms with Crippen molar-refractivity contribution >= 4 is 5.97 Å². The van der Waals surface area contributed by atoms with Gasteiger partial charge in [-0.1, -0.05) is 32.9 Å². The number of ether oxygens (including phenoxy) is 1. The SMILES string of the molecule is C=C1C2CCC(C2)C1(C)CC=COC(=O)C(C)C. The number of rotatable bonds is 4. The van der Waals surface area contributed by atoms with Gasteiger partial charge in [0.1, 0.15) is 0 Å². The highest BCUT2D eigenvalue weighted by molar-refractivity contribution is 5.72. The molecule has 100 valence electrons. The molecule has 2 rings (SSSR count). The fourth-order valence-electron chi connectivity index (χ4n) is 3.45. The third-order valence-corrected chi connectivity index (χ3v) is 4.85. The Hall–Kier alpha value is -1.05. The molecule has 18 heavy (non-hydrogen) atoms. The van der Waals surface area contributed by atoms with E-state index < -0.39 is 0 Å². The normalized spacial score (nSPS) is 34.8. The monoisotopic (exact) mass is 248 g/mol. The number of fused-ring (bicyclic) bond motifs is 2. The van der Waals surface area contributed by atoms with Gasteiger partial charge in [0.15, 0.2) is 0 Å². The van der Waals surface area contributed by atoms with E-state index in [0.717, 1.165) is 18.3 Å². The summed E-state index contributed by atoms with van der Waals surface area (Å²) in [5.74, 6) is 1.29. The minimum atomic E-state index is -0.164. The molecule has 2 nitrogen and oxygen atoms in total. The van der Waals surface area contributed by atoms with Gasteiger partial charge in [0.2, 0.25) is 0 Å². The van der Waals surface area contributed by atoms with Crippen LogP contribution in [0.4, 0.5) is 0 Å². The molecule has 0 saturated heterocycles. The van der Waals surface area contributed by atoms with Gasteiger partial charge in [-0.15, -0.1) is 0 Å². The summed E-state index contributed by atoms with van der Waals surface area (Å²) in [5.41, 5.74) is 1.64. The largest absolute Gasteiger partial charge is 0.435 e. The molecule has 0 aromatic carbocycles. The second-order valence-electron chi connectivity index (χ2n) is 6.32. The van der Waals surface area contributed by atoms with Crippen molar-refractivity contribution in [2.75, 3.05) is 0 Å². The average molecular weight is 248 g/mol. The number of hydrogen-bond acceptors (Lipinski definition) is 2. The zero-order valence-corrected chi connectivity index (χ0v) is 11.7. The van der Waals surface area contributed by atoms with Crippen molar-refractivity contribution in [2.24, 2.45) is 23.2 Å². The Bertz CT molecular complexity index is 381. The van der Waals surface area contributed by atoms with Crippen LogP contribution in [0.5, 0.6) is 0 Å². The molecule has 3 atom stereocenters. The first-order valence-electron chi connectivity index (χ1n) is 7.00. The molecule has 0 spiro atoms. The van der Waals surface area contributed by atoms with Crippen LogP contribution < -0.4 is 0 Å². The van der Waals surface area contributed by atoms with Gasteiger partial charge >= 0.3 is 5.97 Å². The summed E-state index contributed by atoms with van der Waals surface area (Å²) in [7, 11) is 0. The molecular weight excluding hydrogens is 224 g/mol. The molecule has 0 aromatic rings. The van der Waals surface area contributed by atoms with Gasteiger partial charge in [0.05, 0.1) is 12.2 Å². The second-order valence-corrected chi connectivity index (χ2v) is 6.32. The van der Waals surface area contributed by atoms with Gasteiger partial charge in [-0.2, -0.15) is 0 Å². The van der Waals surface area contributed by atoms with Crippen molar-refractivity contribution in [1.29, 1.82) is 0 Å². The van der Waals surface area contributed by atoms with Crippen LogP contribution in [0.2, 0.25) is 0 Å². The van der Waals surface area contributed by atoms with Crippen molar-refractivity contribution in [3.05, 3.63) is 24.5 Å². The first-order valence-corrected chi connectivity index (χ1v) is 7.00. The first-order chi connectivity index (χ1) is 8.45. The molecule has 2 heteroatoms. The van der Waals surface area contributed by atoms with E-state index >= 15 is 0 Å². The minimum Gasteiger partial charge on any atom is -0.435 e. The van der Waals surface area contributed by atoms with Crippen LogP contribution in [0.25, 0.3) is 0 Å². The third kappa shape index (κ3) is 2.25. The molecular formula is C16H24O2. The molecule has 2 aliphatic rings. The molecule has 0 heterocycles. The van der Waals surface area contributed by atoms with Crippen molar-refractivity contribution < 1.29 is 9.53 Å². The van der Waals surface area contributed by atoms with Crippen molar-refractivity contribution in [1.82, 2.24) is 0 Å². The van der Waals surface area contributed by atoms with Gasteiger partial charge in [0.25, 0.3) is 0 Å². The number of esters is 1. The summed E-state index contributed by atoms with van der Waals surface area (Å²) < 4.78 is 5.07. The predicted octanol–water partition coefficient (Wildman–Crippen LogP) is 4.08. The second kappa shape index (κ2) is 4.91. The Kier molecular flexibility index (Phi) is 3.65. The van der Waals surface area contributed by atoms with Crippen LogP contribution in [-0.4, -0.2) is 5.97 Å². The lowest BCUT2D eigenvalue weighted by molar-refractivity contribution is -0.141. The summed E-state index contributed by atoms with van der Waals surface area (Å²) in [5, 5.41) is 0. The molecule has 0 aliphatic heterocycles. The smallest absolute Gasteiger partial charge is 0.313 e. The van der Waals surface area contributed by atoms with Gasteiger partial charge in [-0.3, -0.25) is 4.79 Å². The lowest BCUT2D eigenvalue weighted by Crippen LogP contribution is -2.25. The van der Waals surface area contributed by atoms with Crippen molar-refractivity contribution in [3.8, 4) is 0 Å².